The van der Waals surface area contributed by atoms with E-state index in [2.05, 4.69) is 15.9 Å². The SMILES string of the molecule is Nc1ccc(Oc2cccc(CO)c2)c(Br)c1. The summed E-state index contributed by atoms with van der Waals surface area (Å²) in [6, 6.07) is 12.7. The fraction of sp³-hybridized carbons (Fsp3) is 0.0769. The zero-order valence-electron chi connectivity index (χ0n) is 9.06. The Hall–Kier alpha value is -1.52. The maximum atomic E-state index is 9.04. The maximum absolute atomic E-state index is 9.04. The molecule has 0 atom stereocenters. The summed E-state index contributed by atoms with van der Waals surface area (Å²) in [5.41, 5.74) is 7.14. The molecule has 0 spiro atoms. The van der Waals surface area contributed by atoms with E-state index in [0.717, 1.165) is 10.0 Å². The van der Waals surface area contributed by atoms with Crippen molar-refractivity contribution in [3.63, 3.8) is 0 Å². The van der Waals surface area contributed by atoms with Gasteiger partial charge in [0, 0.05) is 5.69 Å². The molecule has 2 aromatic carbocycles. The Bertz CT molecular complexity index is 529. The van der Waals surface area contributed by atoms with E-state index in [1.807, 2.05) is 18.2 Å². The summed E-state index contributed by atoms with van der Waals surface area (Å²) in [5.74, 6) is 1.37. The molecule has 2 rings (SSSR count). The first-order valence-electron chi connectivity index (χ1n) is 5.12. The molecule has 4 heteroatoms. The van der Waals surface area contributed by atoms with Gasteiger partial charge in [-0.3, -0.25) is 0 Å². The van der Waals surface area contributed by atoms with Gasteiger partial charge in [-0.1, -0.05) is 12.1 Å². The van der Waals surface area contributed by atoms with Crippen LogP contribution in [0.5, 0.6) is 11.5 Å². The molecule has 0 fully saturated rings. The smallest absolute Gasteiger partial charge is 0.141 e. The summed E-state index contributed by atoms with van der Waals surface area (Å²) < 4.78 is 6.49. The molecular weight excluding hydrogens is 282 g/mol. The van der Waals surface area contributed by atoms with Gasteiger partial charge in [-0.25, -0.2) is 0 Å². The maximum Gasteiger partial charge on any atom is 0.141 e. The zero-order chi connectivity index (χ0) is 12.3. The Morgan fingerprint density at radius 2 is 2.00 bits per heavy atom. The van der Waals surface area contributed by atoms with Crippen LogP contribution in [-0.4, -0.2) is 5.11 Å². The second kappa shape index (κ2) is 5.21. The van der Waals surface area contributed by atoms with Gasteiger partial charge in [-0.2, -0.15) is 0 Å². The van der Waals surface area contributed by atoms with Gasteiger partial charge in [0.25, 0.3) is 0 Å². The highest BCUT2D eigenvalue weighted by Gasteiger charge is 2.03. The third kappa shape index (κ3) is 2.99. The van der Waals surface area contributed by atoms with Crippen molar-refractivity contribution >= 4 is 21.6 Å². The number of aliphatic hydroxyl groups excluding tert-OH is 1. The van der Waals surface area contributed by atoms with Crippen molar-refractivity contribution in [2.75, 3.05) is 5.73 Å². The summed E-state index contributed by atoms with van der Waals surface area (Å²) in [6.07, 6.45) is 0. The monoisotopic (exact) mass is 293 g/mol. The minimum absolute atomic E-state index is 0.000107. The number of halogens is 1. The second-order valence-electron chi connectivity index (χ2n) is 3.60. The van der Waals surface area contributed by atoms with Crippen molar-refractivity contribution < 1.29 is 9.84 Å². The number of nitrogens with two attached hydrogens (primary N) is 1. The van der Waals surface area contributed by atoms with E-state index >= 15 is 0 Å². The van der Waals surface area contributed by atoms with Crippen molar-refractivity contribution in [1.82, 2.24) is 0 Å². The molecule has 0 aliphatic carbocycles. The topological polar surface area (TPSA) is 55.5 Å². The van der Waals surface area contributed by atoms with Crippen LogP contribution in [0.3, 0.4) is 0 Å². The van der Waals surface area contributed by atoms with E-state index < -0.39 is 0 Å². The van der Waals surface area contributed by atoms with Crippen LogP contribution in [0, 0.1) is 0 Å². The number of nitrogen functional groups attached to an aromatic ring is 1. The van der Waals surface area contributed by atoms with E-state index in [1.54, 1.807) is 24.3 Å². The molecule has 88 valence electrons. The summed E-state index contributed by atoms with van der Waals surface area (Å²) in [7, 11) is 0. The van der Waals surface area contributed by atoms with Gasteiger partial charge in [0.05, 0.1) is 11.1 Å². The van der Waals surface area contributed by atoms with Gasteiger partial charge in [0.15, 0.2) is 0 Å². The number of aliphatic hydroxyl groups is 1. The molecule has 0 bridgehead atoms. The molecule has 2 aromatic rings. The lowest BCUT2D eigenvalue weighted by Crippen LogP contribution is -1.90. The van der Waals surface area contributed by atoms with E-state index in [0.29, 0.717) is 17.2 Å². The number of benzene rings is 2. The largest absolute Gasteiger partial charge is 0.456 e. The van der Waals surface area contributed by atoms with Crippen LogP contribution >= 0.6 is 15.9 Å². The minimum atomic E-state index is 0.000107. The van der Waals surface area contributed by atoms with Crippen LogP contribution in [-0.2, 0) is 6.61 Å². The van der Waals surface area contributed by atoms with Crippen molar-refractivity contribution in [1.29, 1.82) is 0 Å². The van der Waals surface area contributed by atoms with Gasteiger partial charge in [-0.05, 0) is 51.8 Å². The van der Waals surface area contributed by atoms with Crippen LogP contribution in [0.2, 0.25) is 0 Å². The Kier molecular flexibility index (Phi) is 3.66. The Labute approximate surface area is 108 Å². The van der Waals surface area contributed by atoms with Crippen molar-refractivity contribution in [3.05, 3.63) is 52.5 Å². The number of ether oxygens (including phenoxy) is 1. The van der Waals surface area contributed by atoms with Gasteiger partial charge in [-0.15, -0.1) is 0 Å². The summed E-state index contributed by atoms with van der Waals surface area (Å²) >= 11 is 3.39. The van der Waals surface area contributed by atoms with Crippen LogP contribution in [0.25, 0.3) is 0 Å². The van der Waals surface area contributed by atoms with E-state index in [9.17, 15) is 0 Å². The normalized spacial score (nSPS) is 10.2. The van der Waals surface area contributed by atoms with Gasteiger partial charge >= 0.3 is 0 Å². The molecule has 0 heterocycles. The molecule has 0 amide bonds. The highest BCUT2D eigenvalue weighted by atomic mass is 79.9. The highest BCUT2D eigenvalue weighted by Crippen LogP contribution is 2.31. The molecule has 0 aliphatic rings. The number of hydrogen-bond donors (Lipinski definition) is 2. The van der Waals surface area contributed by atoms with Crippen LogP contribution in [0.1, 0.15) is 5.56 Å². The number of rotatable bonds is 3. The number of hydrogen-bond acceptors (Lipinski definition) is 3. The standard InChI is InChI=1S/C13H12BrNO2/c14-12-7-10(15)4-5-13(12)17-11-3-1-2-9(6-11)8-16/h1-7,16H,8,15H2. The molecule has 0 saturated carbocycles. The highest BCUT2D eigenvalue weighted by molar-refractivity contribution is 9.10. The molecule has 17 heavy (non-hydrogen) atoms. The lowest BCUT2D eigenvalue weighted by Gasteiger charge is -2.09. The van der Waals surface area contributed by atoms with Crippen molar-refractivity contribution in [2.45, 2.75) is 6.61 Å². The summed E-state index contributed by atoms with van der Waals surface area (Å²) in [5, 5.41) is 9.04. The Morgan fingerprint density at radius 3 is 2.71 bits per heavy atom. The Balaban J connectivity index is 2.25. The average Bonchev–Trinajstić information content (AvgIpc) is 2.33. The predicted molar refractivity (Wildman–Crippen MR) is 71.0 cm³/mol. The average molecular weight is 294 g/mol. The fourth-order valence-electron chi connectivity index (χ4n) is 1.43. The van der Waals surface area contributed by atoms with Gasteiger partial charge in [0.2, 0.25) is 0 Å². The van der Waals surface area contributed by atoms with Crippen molar-refractivity contribution in [2.24, 2.45) is 0 Å². The third-order valence-corrected chi connectivity index (χ3v) is 2.88. The summed E-state index contributed by atoms with van der Waals surface area (Å²) in [4.78, 5) is 0. The molecule has 0 aliphatic heterocycles. The van der Waals surface area contributed by atoms with Gasteiger partial charge < -0.3 is 15.6 Å². The first-order valence-corrected chi connectivity index (χ1v) is 5.91. The van der Waals surface area contributed by atoms with E-state index in [4.69, 9.17) is 15.6 Å². The molecule has 0 aromatic heterocycles. The number of anilines is 1. The first-order chi connectivity index (χ1) is 8.19. The lowest BCUT2D eigenvalue weighted by atomic mass is 10.2. The van der Waals surface area contributed by atoms with Crippen molar-refractivity contribution in [3.8, 4) is 11.5 Å². The van der Waals surface area contributed by atoms with E-state index in [-0.39, 0.29) is 6.61 Å². The molecule has 0 unspecified atom stereocenters. The molecular formula is C13H12BrNO2. The first kappa shape index (κ1) is 12.0. The molecule has 3 N–H and O–H groups in total. The molecule has 0 saturated heterocycles. The molecule has 0 radical (unpaired) electrons. The van der Waals surface area contributed by atoms with Crippen LogP contribution in [0.4, 0.5) is 5.69 Å². The van der Waals surface area contributed by atoms with Crippen LogP contribution < -0.4 is 10.5 Å². The fourth-order valence-corrected chi connectivity index (χ4v) is 1.91. The third-order valence-electron chi connectivity index (χ3n) is 2.26. The zero-order valence-corrected chi connectivity index (χ0v) is 10.6. The van der Waals surface area contributed by atoms with Crippen LogP contribution in [0.15, 0.2) is 46.9 Å². The lowest BCUT2D eigenvalue weighted by molar-refractivity contribution is 0.281. The second-order valence-corrected chi connectivity index (χ2v) is 4.45. The predicted octanol–water partition coefficient (Wildman–Crippen LogP) is 3.32. The minimum Gasteiger partial charge on any atom is -0.456 e. The van der Waals surface area contributed by atoms with Gasteiger partial charge in [0.1, 0.15) is 11.5 Å². The Morgan fingerprint density at radius 1 is 1.18 bits per heavy atom. The summed E-state index contributed by atoms with van der Waals surface area (Å²) in [6.45, 7) is 0.000107. The molecule has 3 nitrogen and oxygen atoms in total. The quantitative estimate of drug-likeness (QED) is 0.854. The van der Waals surface area contributed by atoms with E-state index in [1.165, 1.54) is 0 Å².